The van der Waals surface area contributed by atoms with Gasteiger partial charge in [-0.2, -0.15) is 5.26 Å². The Labute approximate surface area is 156 Å². The van der Waals surface area contributed by atoms with E-state index in [1.807, 2.05) is 60.4 Å². The van der Waals surface area contributed by atoms with E-state index in [4.69, 9.17) is 0 Å². The van der Waals surface area contributed by atoms with Gasteiger partial charge in [0.15, 0.2) is 0 Å². The molecule has 0 heterocycles. The van der Waals surface area contributed by atoms with Gasteiger partial charge in [0.25, 0.3) is 0 Å². The summed E-state index contributed by atoms with van der Waals surface area (Å²) >= 11 is 0. The zero-order valence-electron chi connectivity index (χ0n) is 12.5. The average molecular weight is 512 g/mol. The van der Waals surface area contributed by atoms with E-state index >= 15 is 0 Å². The van der Waals surface area contributed by atoms with Crippen molar-refractivity contribution in [1.29, 1.82) is 5.26 Å². The second-order valence-corrected chi connectivity index (χ2v) is 8.24. The van der Waals surface area contributed by atoms with Gasteiger partial charge in [-0.3, -0.25) is 0 Å². The molecule has 3 aromatic carbocycles. The predicted molar refractivity (Wildman–Crippen MR) is 98.2 cm³/mol. The van der Waals surface area contributed by atoms with Gasteiger partial charge in [-0.15, -0.1) is 0 Å². The third-order valence-corrected chi connectivity index (χ3v) is 7.58. The van der Waals surface area contributed by atoms with Gasteiger partial charge < -0.3 is 0 Å². The zero-order chi connectivity index (χ0) is 15.3. The van der Waals surface area contributed by atoms with E-state index in [2.05, 4.69) is 42.5 Å². The molecule has 0 radical (unpaired) electrons. The van der Waals surface area contributed by atoms with Crippen LogP contribution in [-0.4, -0.2) is 5.80 Å². The number of nitriles is 1. The van der Waals surface area contributed by atoms with Crippen LogP contribution in [0.15, 0.2) is 91.0 Å². The van der Waals surface area contributed by atoms with Gasteiger partial charge in [0.2, 0.25) is 0 Å². The van der Waals surface area contributed by atoms with Gasteiger partial charge in [0.1, 0.15) is 0 Å². The first kappa shape index (κ1) is 17.7. The molecule has 0 amide bonds. The topological polar surface area (TPSA) is 23.8 Å². The SMILES string of the molecule is N#CC=P(c1ccccc1)(c1ccccc1)c1ccccc1.[AtH]. The van der Waals surface area contributed by atoms with E-state index in [0.29, 0.717) is 0 Å². The summed E-state index contributed by atoms with van der Waals surface area (Å²) in [4.78, 5) is 0. The van der Waals surface area contributed by atoms with Gasteiger partial charge in [-0.1, -0.05) is 91.0 Å². The summed E-state index contributed by atoms with van der Waals surface area (Å²) < 4.78 is 0. The third kappa shape index (κ3) is 3.48. The van der Waals surface area contributed by atoms with Crippen molar-refractivity contribution in [3.05, 3.63) is 91.0 Å². The van der Waals surface area contributed by atoms with Crippen molar-refractivity contribution >= 4 is 28.6 Å². The zero-order valence-corrected chi connectivity index (χ0v) is 16.6. The molecular weight excluding hydrogens is 495 g/mol. The van der Waals surface area contributed by atoms with Crippen molar-refractivity contribution in [3.8, 4) is 6.07 Å². The number of benzene rings is 3. The molecule has 1 nitrogen and oxygen atoms in total. The van der Waals surface area contributed by atoms with Gasteiger partial charge >= 0.3 is 26.2 Å². The Hall–Kier alpha value is -1.67. The van der Waals surface area contributed by atoms with E-state index < -0.39 is 6.89 Å². The van der Waals surface area contributed by atoms with Crippen molar-refractivity contribution in [2.75, 3.05) is 0 Å². The standard InChI is InChI=1S/C20H16NP.AtH/c21-16-17-22(18-10-4-1-5-11-18,19-12-6-2-7-13-19)20-14-8-3-9-15-20;/h1-15,17H;1H. The summed E-state index contributed by atoms with van der Waals surface area (Å²) in [5, 5.41) is 13.1. The molecule has 3 heteroatoms. The van der Waals surface area contributed by atoms with E-state index in [1.54, 1.807) is 0 Å². The molecule has 0 aliphatic rings. The molecule has 3 aromatic rings. The summed E-state index contributed by atoms with van der Waals surface area (Å²) in [6, 6.07) is 33.4. The summed E-state index contributed by atoms with van der Waals surface area (Å²) in [6.07, 6.45) is 0. The van der Waals surface area contributed by atoms with Gasteiger partial charge in [0.05, 0.1) is 6.07 Å². The van der Waals surface area contributed by atoms with Crippen LogP contribution in [0.2, 0.25) is 0 Å². The minimum absolute atomic E-state index is 0. The van der Waals surface area contributed by atoms with Crippen LogP contribution in [0.5, 0.6) is 0 Å². The van der Waals surface area contributed by atoms with Crippen LogP contribution in [-0.2, 0) is 0 Å². The van der Waals surface area contributed by atoms with Gasteiger partial charge in [0, 0.05) is 5.80 Å². The number of hydrogen-bond donors (Lipinski definition) is 0. The Kier molecular flexibility index (Phi) is 6.35. The molecule has 0 aromatic heterocycles. The van der Waals surface area contributed by atoms with Crippen LogP contribution in [0.3, 0.4) is 0 Å². The molecule has 0 N–H and O–H groups in total. The Bertz CT molecular complexity index is 734. The maximum atomic E-state index is 9.51. The van der Waals surface area contributed by atoms with E-state index in [-0.39, 0.29) is 26.2 Å². The predicted octanol–water partition coefficient (Wildman–Crippen LogP) is 3.04. The summed E-state index contributed by atoms with van der Waals surface area (Å²) in [6.45, 7) is -2.04. The Morgan fingerprint density at radius 2 is 0.913 bits per heavy atom. The molecule has 23 heavy (non-hydrogen) atoms. The fourth-order valence-corrected chi connectivity index (χ4v) is 6.19. The Balaban J connectivity index is 0.00000192. The first-order valence-corrected chi connectivity index (χ1v) is 9.03. The minimum atomic E-state index is -2.04. The fourth-order valence-electron chi connectivity index (χ4n) is 2.75. The second kappa shape index (κ2) is 8.26. The van der Waals surface area contributed by atoms with Crippen molar-refractivity contribution < 1.29 is 26.2 Å². The number of hydrogen-bond acceptors (Lipinski definition) is 1. The molecule has 0 saturated heterocycles. The van der Waals surface area contributed by atoms with E-state index in [1.165, 1.54) is 15.9 Å². The first-order valence-electron chi connectivity index (χ1n) is 7.17. The summed E-state index contributed by atoms with van der Waals surface area (Å²) in [7, 11) is 0. The Morgan fingerprint density at radius 3 is 1.17 bits per heavy atom. The number of nitrogens with zero attached hydrogens (tertiary/aromatic N) is 1. The first-order chi connectivity index (χ1) is 10.9. The maximum absolute atomic E-state index is 9.51. The van der Waals surface area contributed by atoms with Crippen LogP contribution in [0.1, 0.15) is 0 Å². The van der Waals surface area contributed by atoms with Crippen molar-refractivity contribution in [3.63, 3.8) is 0 Å². The van der Waals surface area contributed by atoms with Crippen LogP contribution in [0.25, 0.3) is 0 Å². The normalized spacial score (nSPS) is 10.2. The molecule has 0 atom stereocenters. The van der Waals surface area contributed by atoms with Crippen LogP contribution in [0, 0.1) is 37.5 Å². The molecule has 3 rings (SSSR count). The molecular formula is C20H17AtNP. The molecule has 0 unspecified atom stereocenters. The Morgan fingerprint density at radius 1 is 0.609 bits per heavy atom. The monoisotopic (exact) mass is 512 g/mol. The second-order valence-electron chi connectivity index (χ2n) is 4.99. The van der Waals surface area contributed by atoms with Gasteiger partial charge in [-0.25, -0.2) is 0 Å². The molecule has 0 spiro atoms. The number of rotatable bonds is 3. The molecule has 0 aliphatic heterocycles. The van der Waals surface area contributed by atoms with E-state index in [9.17, 15) is 5.26 Å². The van der Waals surface area contributed by atoms with Crippen molar-refractivity contribution in [2.45, 2.75) is 0 Å². The molecule has 0 saturated carbocycles. The van der Waals surface area contributed by atoms with Crippen molar-refractivity contribution in [1.82, 2.24) is 0 Å². The quantitative estimate of drug-likeness (QED) is 0.496. The summed E-state index contributed by atoms with van der Waals surface area (Å²) in [5.74, 6) is 1.84. The van der Waals surface area contributed by atoms with Crippen LogP contribution >= 0.6 is 6.89 Å². The molecule has 0 aliphatic carbocycles. The van der Waals surface area contributed by atoms with Crippen molar-refractivity contribution in [2.24, 2.45) is 0 Å². The molecule has 0 fully saturated rings. The third-order valence-electron chi connectivity index (χ3n) is 3.74. The van der Waals surface area contributed by atoms with Crippen LogP contribution < -0.4 is 15.9 Å². The molecule has 114 valence electrons. The van der Waals surface area contributed by atoms with Gasteiger partial charge in [-0.05, 0) is 22.8 Å². The average Bonchev–Trinajstić information content (AvgIpc) is 2.62. The van der Waals surface area contributed by atoms with Crippen LogP contribution in [0.4, 0.5) is 0 Å². The van der Waals surface area contributed by atoms with E-state index in [0.717, 1.165) is 0 Å². The molecule has 0 bridgehead atoms. The summed E-state index contributed by atoms with van der Waals surface area (Å²) in [5.41, 5.74) is 0. The fraction of sp³-hybridized carbons (Fsp3) is 0.